The van der Waals surface area contributed by atoms with E-state index in [0.717, 1.165) is 18.5 Å². The van der Waals surface area contributed by atoms with Crippen LogP contribution < -0.4 is 15.8 Å². The van der Waals surface area contributed by atoms with Crippen LogP contribution >= 0.6 is 0 Å². The second-order valence-corrected chi connectivity index (χ2v) is 5.54. The van der Waals surface area contributed by atoms with E-state index >= 15 is 0 Å². The van der Waals surface area contributed by atoms with Crippen LogP contribution in [0.5, 0.6) is 0 Å². The van der Waals surface area contributed by atoms with Gasteiger partial charge in [0.2, 0.25) is 5.91 Å². The van der Waals surface area contributed by atoms with Gasteiger partial charge in [0.25, 0.3) is 11.8 Å². The summed E-state index contributed by atoms with van der Waals surface area (Å²) in [6, 6.07) is 10.0. The fourth-order valence-electron chi connectivity index (χ4n) is 2.60. The van der Waals surface area contributed by atoms with Crippen molar-refractivity contribution < 1.29 is 14.4 Å². The summed E-state index contributed by atoms with van der Waals surface area (Å²) in [5.41, 5.74) is 6.23. The lowest BCUT2D eigenvalue weighted by atomic mass is 10.1. The van der Waals surface area contributed by atoms with Gasteiger partial charge in [0.15, 0.2) is 0 Å². The number of piperidine rings is 1. The van der Waals surface area contributed by atoms with Gasteiger partial charge in [-0.1, -0.05) is 0 Å². The predicted molar refractivity (Wildman–Crippen MR) is 88.4 cm³/mol. The molecule has 0 radical (unpaired) electrons. The number of anilines is 1. The number of nitrogens with zero attached hydrogens (tertiary/aromatic N) is 1. The van der Waals surface area contributed by atoms with Crippen molar-refractivity contribution in [2.75, 3.05) is 11.4 Å². The van der Waals surface area contributed by atoms with Gasteiger partial charge in [0.05, 0.1) is 0 Å². The van der Waals surface area contributed by atoms with Gasteiger partial charge in [-0.3, -0.25) is 25.2 Å². The molecule has 0 bridgehead atoms. The van der Waals surface area contributed by atoms with Crippen LogP contribution in [0.1, 0.15) is 40.1 Å². The third-order valence-electron chi connectivity index (χ3n) is 3.90. The number of rotatable bonds is 3. The molecule has 1 aliphatic heterocycles. The van der Waals surface area contributed by atoms with Gasteiger partial charge in [-0.2, -0.15) is 0 Å². The van der Waals surface area contributed by atoms with Crippen LogP contribution in [0.15, 0.2) is 42.6 Å². The Balaban J connectivity index is 1.59. The first-order valence-electron chi connectivity index (χ1n) is 7.79. The van der Waals surface area contributed by atoms with Crippen LogP contribution in [0.2, 0.25) is 0 Å². The number of nitrogens with one attached hydrogen (secondary N) is 3. The SMILES string of the molecule is O=C(NNC(=O)c1ccc[nH]1)c1ccc(N2CCCCC2=O)cc1. The maximum Gasteiger partial charge on any atom is 0.286 e. The van der Waals surface area contributed by atoms with Crippen molar-refractivity contribution in [1.29, 1.82) is 0 Å². The quantitative estimate of drug-likeness (QED) is 0.748. The Labute approximate surface area is 139 Å². The average Bonchev–Trinajstić information content (AvgIpc) is 3.15. The van der Waals surface area contributed by atoms with Crippen LogP contribution in [-0.4, -0.2) is 29.3 Å². The minimum Gasteiger partial charge on any atom is -0.357 e. The Morgan fingerprint density at radius 2 is 1.75 bits per heavy atom. The molecule has 3 rings (SSSR count). The van der Waals surface area contributed by atoms with Crippen LogP contribution in [0.25, 0.3) is 0 Å². The van der Waals surface area contributed by atoms with Crippen molar-refractivity contribution in [1.82, 2.24) is 15.8 Å². The van der Waals surface area contributed by atoms with Crippen LogP contribution in [0.4, 0.5) is 5.69 Å². The zero-order valence-corrected chi connectivity index (χ0v) is 13.0. The minimum absolute atomic E-state index is 0.108. The highest BCUT2D eigenvalue weighted by Crippen LogP contribution is 2.21. The molecule has 0 aliphatic carbocycles. The average molecular weight is 326 g/mol. The number of hydrogen-bond donors (Lipinski definition) is 3. The molecule has 1 aromatic carbocycles. The molecule has 24 heavy (non-hydrogen) atoms. The molecule has 3 amide bonds. The number of benzene rings is 1. The summed E-state index contributed by atoms with van der Waals surface area (Å²) in [4.78, 5) is 40.2. The van der Waals surface area contributed by atoms with E-state index in [9.17, 15) is 14.4 Å². The normalized spacial score (nSPS) is 14.3. The largest absolute Gasteiger partial charge is 0.357 e. The van der Waals surface area contributed by atoms with Gasteiger partial charge >= 0.3 is 0 Å². The van der Waals surface area contributed by atoms with Crippen molar-refractivity contribution in [2.24, 2.45) is 0 Å². The van der Waals surface area contributed by atoms with Crippen molar-refractivity contribution >= 4 is 23.4 Å². The Kier molecular flexibility index (Phi) is 4.60. The molecule has 7 heteroatoms. The monoisotopic (exact) mass is 326 g/mol. The van der Waals surface area contributed by atoms with Gasteiger partial charge < -0.3 is 9.88 Å². The van der Waals surface area contributed by atoms with Crippen molar-refractivity contribution in [3.8, 4) is 0 Å². The first-order chi connectivity index (χ1) is 11.6. The van der Waals surface area contributed by atoms with E-state index in [0.29, 0.717) is 24.2 Å². The molecule has 1 saturated heterocycles. The number of carbonyl (C=O) groups is 3. The number of amides is 3. The minimum atomic E-state index is -0.427. The third-order valence-corrected chi connectivity index (χ3v) is 3.90. The van der Waals surface area contributed by atoms with E-state index < -0.39 is 11.8 Å². The summed E-state index contributed by atoms with van der Waals surface area (Å²) in [6.07, 6.45) is 4.10. The van der Waals surface area contributed by atoms with Gasteiger partial charge in [0, 0.05) is 30.4 Å². The summed E-state index contributed by atoms with van der Waals surface area (Å²) in [7, 11) is 0. The summed E-state index contributed by atoms with van der Waals surface area (Å²) in [5, 5.41) is 0. The lowest BCUT2D eigenvalue weighted by molar-refractivity contribution is -0.119. The standard InChI is InChI=1S/C17H18N4O3/c22-15-5-1-2-11-21(15)13-8-6-12(7-9-13)16(23)19-20-17(24)14-4-3-10-18-14/h3-4,6-10,18H,1-2,5,11H2,(H,19,23)(H,20,24). The van der Waals surface area contributed by atoms with Gasteiger partial charge in [0.1, 0.15) is 5.69 Å². The Bertz CT molecular complexity index is 738. The molecule has 0 unspecified atom stereocenters. The first-order valence-corrected chi connectivity index (χ1v) is 7.79. The number of aromatic amines is 1. The van der Waals surface area contributed by atoms with E-state index in [1.165, 1.54) is 0 Å². The number of H-pyrrole nitrogens is 1. The summed E-state index contributed by atoms with van der Waals surface area (Å²) in [5.74, 6) is -0.744. The molecule has 1 aromatic heterocycles. The van der Waals surface area contributed by atoms with Crippen molar-refractivity contribution in [3.63, 3.8) is 0 Å². The first kappa shape index (κ1) is 15.8. The number of hydrazine groups is 1. The summed E-state index contributed by atoms with van der Waals surface area (Å²) >= 11 is 0. The Morgan fingerprint density at radius 1 is 1.00 bits per heavy atom. The lowest BCUT2D eigenvalue weighted by Gasteiger charge is -2.26. The molecule has 3 N–H and O–H groups in total. The molecule has 1 aliphatic rings. The zero-order chi connectivity index (χ0) is 16.9. The Hall–Kier alpha value is -3.09. The molecule has 0 saturated carbocycles. The number of carbonyl (C=O) groups excluding carboxylic acids is 3. The van der Waals surface area contributed by atoms with Crippen LogP contribution in [0, 0.1) is 0 Å². The number of aromatic nitrogens is 1. The molecule has 1 fully saturated rings. The van der Waals surface area contributed by atoms with Gasteiger partial charge in [-0.15, -0.1) is 0 Å². The van der Waals surface area contributed by atoms with Crippen molar-refractivity contribution in [3.05, 3.63) is 53.9 Å². The van der Waals surface area contributed by atoms with E-state index in [4.69, 9.17) is 0 Å². The van der Waals surface area contributed by atoms with Crippen LogP contribution in [-0.2, 0) is 4.79 Å². The summed E-state index contributed by atoms with van der Waals surface area (Å²) < 4.78 is 0. The van der Waals surface area contributed by atoms with Crippen LogP contribution in [0.3, 0.4) is 0 Å². The second-order valence-electron chi connectivity index (χ2n) is 5.54. The molecule has 124 valence electrons. The smallest absolute Gasteiger partial charge is 0.286 e. The van der Waals surface area contributed by atoms with E-state index in [2.05, 4.69) is 15.8 Å². The van der Waals surface area contributed by atoms with E-state index in [1.54, 1.807) is 47.5 Å². The fourth-order valence-corrected chi connectivity index (χ4v) is 2.60. The molecule has 0 spiro atoms. The Morgan fingerprint density at radius 3 is 2.42 bits per heavy atom. The highest BCUT2D eigenvalue weighted by atomic mass is 16.2. The molecule has 2 heterocycles. The van der Waals surface area contributed by atoms with E-state index in [1.807, 2.05) is 0 Å². The highest BCUT2D eigenvalue weighted by molar-refractivity contribution is 5.99. The second kappa shape index (κ2) is 6.99. The molecular weight excluding hydrogens is 308 g/mol. The topological polar surface area (TPSA) is 94.3 Å². The molecular formula is C17H18N4O3. The third kappa shape index (κ3) is 3.45. The highest BCUT2D eigenvalue weighted by Gasteiger charge is 2.19. The molecule has 0 atom stereocenters. The van der Waals surface area contributed by atoms with Gasteiger partial charge in [-0.05, 0) is 49.2 Å². The van der Waals surface area contributed by atoms with Crippen molar-refractivity contribution in [2.45, 2.75) is 19.3 Å². The maximum atomic E-state index is 12.1. The van der Waals surface area contributed by atoms with Gasteiger partial charge in [-0.25, -0.2) is 0 Å². The lowest BCUT2D eigenvalue weighted by Crippen LogP contribution is -2.41. The predicted octanol–water partition coefficient (Wildman–Crippen LogP) is 1.61. The maximum absolute atomic E-state index is 12.1. The zero-order valence-electron chi connectivity index (χ0n) is 13.0. The fraction of sp³-hybridized carbons (Fsp3) is 0.235. The molecule has 2 aromatic rings. The summed E-state index contributed by atoms with van der Waals surface area (Å²) in [6.45, 7) is 0.705. The van der Waals surface area contributed by atoms with E-state index in [-0.39, 0.29) is 5.91 Å². The molecule has 7 nitrogen and oxygen atoms in total. The number of hydrogen-bond acceptors (Lipinski definition) is 3.